The van der Waals surface area contributed by atoms with E-state index in [2.05, 4.69) is 27.4 Å². The highest BCUT2D eigenvalue weighted by Crippen LogP contribution is 2.35. The first-order valence-corrected chi connectivity index (χ1v) is 13.6. The van der Waals surface area contributed by atoms with E-state index in [1.807, 2.05) is 30.0 Å². The smallest absolute Gasteiger partial charge is 0.308 e. The van der Waals surface area contributed by atoms with Crippen molar-refractivity contribution in [3.8, 4) is 5.75 Å². The highest BCUT2D eigenvalue weighted by molar-refractivity contribution is 8.01. The van der Waals surface area contributed by atoms with E-state index in [9.17, 15) is 9.90 Å². The van der Waals surface area contributed by atoms with Crippen LogP contribution in [0.2, 0.25) is 0 Å². The molecule has 34 heavy (non-hydrogen) atoms. The standard InChI is InChI=1S/C26H31FN2O3S2/c1-32-19-6-8-24-21(16-19)20(9-11-28-24)23(27)7-5-18-10-13-29(17-22(18)26(30)31)12-3-15-34-25-4-2-14-33-25/h2,4,6,8-9,11,14,16,18,22-23H,3,5,7,10,12-13,15,17H2,1H3,(H,30,31)/t18-,22+,23?/m1/s1. The predicted octanol–water partition coefficient (Wildman–Crippen LogP) is 6.30. The van der Waals surface area contributed by atoms with Gasteiger partial charge in [-0.1, -0.05) is 6.07 Å². The van der Waals surface area contributed by atoms with Gasteiger partial charge in [0.15, 0.2) is 0 Å². The van der Waals surface area contributed by atoms with Gasteiger partial charge in [-0.3, -0.25) is 9.78 Å². The number of carboxylic acids is 1. The average molecular weight is 503 g/mol. The molecule has 0 amide bonds. The van der Waals surface area contributed by atoms with Crippen LogP contribution in [0.25, 0.3) is 10.9 Å². The zero-order valence-corrected chi connectivity index (χ0v) is 21.0. The number of alkyl halides is 1. The van der Waals surface area contributed by atoms with Crippen LogP contribution in [0.1, 0.15) is 37.4 Å². The minimum Gasteiger partial charge on any atom is -0.497 e. The van der Waals surface area contributed by atoms with E-state index >= 15 is 4.39 Å². The number of aliphatic carboxylic acids is 1. The summed E-state index contributed by atoms with van der Waals surface area (Å²) in [6.07, 6.45) is 3.17. The van der Waals surface area contributed by atoms with Crippen molar-refractivity contribution >= 4 is 40.0 Å². The second kappa shape index (κ2) is 12.0. The number of hydrogen-bond donors (Lipinski definition) is 1. The minimum absolute atomic E-state index is 0.00451. The number of aromatic nitrogens is 1. The van der Waals surface area contributed by atoms with E-state index in [-0.39, 0.29) is 5.92 Å². The quantitative estimate of drug-likeness (QED) is 0.245. The number of benzene rings is 1. The van der Waals surface area contributed by atoms with E-state index in [1.165, 1.54) is 4.21 Å². The second-order valence-corrected chi connectivity index (χ2v) is 11.1. The first kappa shape index (κ1) is 24.9. The van der Waals surface area contributed by atoms with Gasteiger partial charge >= 0.3 is 5.97 Å². The van der Waals surface area contributed by atoms with Crippen LogP contribution in [-0.2, 0) is 4.79 Å². The molecule has 8 heteroatoms. The van der Waals surface area contributed by atoms with Crippen molar-refractivity contribution in [2.75, 3.05) is 32.5 Å². The number of halogens is 1. The number of thiophene rings is 1. The normalized spacial score (nSPS) is 19.8. The van der Waals surface area contributed by atoms with Crippen molar-refractivity contribution in [1.82, 2.24) is 9.88 Å². The predicted molar refractivity (Wildman–Crippen MR) is 137 cm³/mol. The third kappa shape index (κ3) is 6.29. The number of ether oxygens (including phenoxy) is 1. The van der Waals surface area contributed by atoms with Crippen molar-refractivity contribution in [1.29, 1.82) is 0 Å². The maximum atomic E-state index is 15.4. The molecule has 1 N–H and O–H groups in total. The molecule has 0 radical (unpaired) electrons. The summed E-state index contributed by atoms with van der Waals surface area (Å²) in [6.45, 7) is 2.34. The number of likely N-dealkylation sites (tertiary alicyclic amines) is 1. The molecule has 1 aliphatic heterocycles. The molecule has 4 rings (SSSR count). The minimum atomic E-state index is -1.17. The lowest BCUT2D eigenvalue weighted by molar-refractivity contribution is -0.146. The van der Waals surface area contributed by atoms with Crippen LogP contribution in [0.3, 0.4) is 0 Å². The average Bonchev–Trinajstić information content (AvgIpc) is 3.38. The Labute approximate surface area is 208 Å². The molecule has 1 aliphatic rings. The summed E-state index contributed by atoms with van der Waals surface area (Å²) in [5.74, 6) is 0.486. The number of fused-ring (bicyclic) bond motifs is 1. The van der Waals surface area contributed by atoms with Crippen molar-refractivity contribution in [2.24, 2.45) is 11.8 Å². The Hall–Kier alpha value is -2.16. The Balaban J connectivity index is 1.31. The molecule has 1 fully saturated rings. The van der Waals surface area contributed by atoms with E-state index < -0.39 is 18.1 Å². The number of methoxy groups -OCH3 is 1. The molecular weight excluding hydrogens is 471 g/mol. The summed E-state index contributed by atoms with van der Waals surface area (Å²) >= 11 is 3.61. The van der Waals surface area contributed by atoms with Gasteiger partial charge in [0.2, 0.25) is 0 Å². The molecule has 3 heterocycles. The van der Waals surface area contributed by atoms with Gasteiger partial charge < -0.3 is 14.7 Å². The van der Waals surface area contributed by atoms with Crippen LogP contribution in [0.15, 0.2) is 52.2 Å². The van der Waals surface area contributed by atoms with Crippen molar-refractivity contribution in [3.63, 3.8) is 0 Å². The van der Waals surface area contributed by atoms with Crippen LogP contribution in [0, 0.1) is 11.8 Å². The number of thioether (sulfide) groups is 1. The molecule has 1 unspecified atom stereocenters. The van der Waals surface area contributed by atoms with Crippen LogP contribution in [0.4, 0.5) is 4.39 Å². The Morgan fingerprint density at radius 3 is 3.03 bits per heavy atom. The van der Waals surface area contributed by atoms with Crippen molar-refractivity contribution < 1.29 is 19.0 Å². The maximum Gasteiger partial charge on any atom is 0.308 e. The Bertz CT molecular complexity index is 1080. The van der Waals surface area contributed by atoms with Crippen LogP contribution in [-0.4, -0.2) is 53.5 Å². The fourth-order valence-electron chi connectivity index (χ4n) is 4.77. The van der Waals surface area contributed by atoms with Gasteiger partial charge in [-0.05, 0) is 86.0 Å². The number of rotatable bonds is 11. The third-order valence-electron chi connectivity index (χ3n) is 6.63. The third-order valence-corrected chi connectivity index (χ3v) is 8.84. The van der Waals surface area contributed by atoms with Crippen LogP contribution in [0.5, 0.6) is 5.75 Å². The van der Waals surface area contributed by atoms with E-state index in [0.717, 1.165) is 42.6 Å². The number of hydrogen-bond acceptors (Lipinski definition) is 6. The summed E-state index contributed by atoms with van der Waals surface area (Å²) < 4.78 is 22.0. The summed E-state index contributed by atoms with van der Waals surface area (Å²) in [5.41, 5.74) is 1.33. The van der Waals surface area contributed by atoms with Gasteiger partial charge in [0, 0.05) is 23.9 Å². The zero-order chi connectivity index (χ0) is 23.9. The highest BCUT2D eigenvalue weighted by Gasteiger charge is 2.34. The molecule has 5 nitrogen and oxygen atoms in total. The van der Waals surface area contributed by atoms with Gasteiger partial charge in [0.1, 0.15) is 11.9 Å². The Morgan fingerprint density at radius 1 is 1.38 bits per heavy atom. The largest absolute Gasteiger partial charge is 0.497 e. The van der Waals surface area contributed by atoms with Gasteiger partial charge in [-0.25, -0.2) is 4.39 Å². The Kier molecular flexibility index (Phi) is 8.80. The van der Waals surface area contributed by atoms with E-state index in [1.54, 1.807) is 30.7 Å². The molecule has 1 aromatic carbocycles. The van der Waals surface area contributed by atoms with Gasteiger partial charge in [-0.2, -0.15) is 0 Å². The second-order valence-electron chi connectivity index (χ2n) is 8.76. The fourth-order valence-corrected chi connectivity index (χ4v) is 6.55. The van der Waals surface area contributed by atoms with Gasteiger partial charge in [-0.15, -0.1) is 23.1 Å². The fraction of sp³-hybridized carbons (Fsp3) is 0.462. The molecule has 0 bridgehead atoms. The summed E-state index contributed by atoms with van der Waals surface area (Å²) in [4.78, 5) is 18.6. The number of piperidine rings is 1. The molecule has 0 spiro atoms. The molecular formula is C26H31FN2O3S2. The molecule has 3 atom stereocenters. The van der Waals surface area contributed by atoms with Crippen LogP contribution >= 0.6 is 23.1 Å². The molecule has 1 saturated heterocycles. The lowest BCUT2D eigenvalue weighted by Crippen LogP contribution is -2.44. The first-order valence-electron chi connectivity index (χ1n) is 11.7. The zero-order valence-electron chi connectivity index (χ0n) is 19.4. The lowest BCUT2D eigenvalue weighted by atomic mass is 9.81. The lowest BCUT2D eigenvalue weighted by Gasteiger charge is -2.36. The number of nitrogens with zero attached hydrogens (tertiary/aromatic N) is 2. The molecule has 182 valence electrons. The SMILES string of the molecule is COc1ccc2nccc(C(F)CC[C@@H]3CCN(CCCSc4cccs4)C[C@@H]3C(=O)O)c2c1. The molecule has 0 aliphatic carbocycles. The number of carbonyl (C=O) groups is 1. The molecule has 0 saturated carbocycles. The molecule has 2 aromatic heterocycles. The highest BCUT2D eigenvalue weighted by atomic mass is 32.2. The van der Waals surface area contributed by atoms with E-state index in [4.69, 9.17) is 4.74 Å². The summed E-state index contributed by atoms with van der Waals surface area (Å²) in [5, 5.41) is 12.7. The monoisotopic (exact) mass is 502 g/mol. The maximum absolute atomic E-state index is 15.4. The number of carboxylic acid groups (broad SMARTS) is 1. The topological polar surface area (TPSA) is 62.7 Å². The number of pyridine rings is 1. The van der Waals surface area contributed by atoms with E-state index in [0.29, 0.717) is 30.7 Å². The summed E-state index contributed by atoms with van der Waals surface area (Å²) in [7, 11) is 1.59. The van der Waals surface area contributed by atoms with Crippen molar-refractivity contribution in [3.05, 3.63) is 53.5 Å². The summed E-state index contributed by atoms with van der Waals surface area (Å²) in [6, 6.07) is 11.4. The Morgan fingerprint density at radius 2 is 2.26 bits per heavy atom. The first-order chi connectivity index (χ1) is 16.5. The van der Waals surface area contributed by atoms with Crippen LogP contribution < -0.4 is 4.74 Å². The van der Waals surface area contributed by atoms with Gasteiger partial charge in [0.05, 0.1) is 22.8 Å². The van der Waals surface area contributed by atoms with Crippen molar-refractivity contribution in [2.45, 2.75) is 36.1 Å². The molecule has 3 aromatic rings. The van der Waals surface area contributed by atoms with Gasteiger partial charge in [0.25, 0.3) is 0 Å².